The van der Waals surface area contributed by atoms with Crippen molar-refractivity contribution in [3.8, 4) is 0 Å². The summed E-state index contributed by atoms with van der Waals surface area (Å²) in [7, 11) is 4.23. The van der Waals surface area contributed by atoms with E-state index in [0.29, 0.717) is 6.42 Å². The first-order chi connectivity index (χ1) is 41.6. The van der Waals surface area contributed by atoms with Crippen LogP contribution in [0.3, 0.4) is 0 Å². The standard InChI is InChI=1S/C58H102N4O16.4C2H6/c1-7-9-11-13-15-17-19-21-23-25-27-29-31-33-41-77-52(66)40-36-46(58(72)78-42-34-32-30-28-26-24-22-20-18-16-14-12-10-8-2)60-51(65)39-38-50(64)59-45(55(69)62-48(57(71)76-6)44-54(68)74-4)35-37-49(63)61-47(56(70)75-5)43-53(67)73-3;4*1-2/h45-48H,7-44H2,1-6H3,(H,59,64)(H,60,65)(H,61,63)(H,62,69);4*1-2H3. The van der Waals surface area contributed by atoms with Gasteiger partial charge in [0.1, 0.15) is 24.2 Å². The molecule has 0 aliphatic heterocycles. The van der Waals surface area contributed by atoms with Gasteiger partial charge in [0.2, 0.25) is 23.6 Å². The van der Waals surface area contributed by atoms with Crippen LogP contribution in [0.15, 0.2) is 0 Å². The van der Waals surface area contributed by atoms with Crippen molar-refractivity contribution in [3.05, 3.63) is 0 Å². The van der Waals surface area contributed by atoms with E-state index in [9.17, 15) is 47.9 Å². The lowest BCUT2D eigenvalue weighted by atomic mass is 10.0. The van der Waals surface area contributed by atoms with Crippen LogP contribution in [0.2, 0.25) is 0 Å². The van der Waals surface area contributed by atoms with Crippen LogP contribution < -0.4 is 21.3 Å². The fraction of sp³-hybridized carbons (Fsp3) is 0.848. The van der Waals surface area contributed by atoms with Crippen molar-refractivity contribution >= 4 is 59.4 Å². The Kier molecular flexibility index (Phi) is 71.6. The SMILES string of the molecule is CC.CC.CC.CC.CCCCCCCCCCCCCCCCOC(=O)CCC(NC(=O)CCC(=O)NC(CCC(=O)NC(CC(=O)OC)C(=O)OC)C(=O)NC(CC(=O)OC)C(=O)OC)C(=O)OCCCCCCCCCCCCCCCC. The number of amides is 4. The van der Waals surface area contributed by atoms with Crippen molar-refractivity contribution in [2.24, 2.45) is 0 Å². The summed E-state index contributed by atoms with van der Waals surface area (Å²) < 4.78 is 29.6. The summed E-state index contributed by atoms with van der Waals surface area (Å²) in [5.41, 5.74) is 0. The van der Waals surface area contributed by atoms with Crippen molar-refractivity contribution in [1.82, 2.24) is 21.3 Å². The van der Waals surface area contributed by atoms with Crippen LogP contribution in [0, 0.1) is 0 Å². The molecule has 0 saturated heterocycles. The Morgan fingerprint density at radius 3 is 0.930 bits per heavy atom. The molecule has 0 fully saturated rings. The van der Waals surface area contributed by atoms with E-state index in [4.69, 9.17) is 14.2 Å². The summed E-state index contributed by atoms with van der Waals surface area (Å²) >= 11 is 0. The lowest BCUT2D eigenvalue weighted by Crippen LogP contribution is -2.53. The van der Waals surface area contributed by atoms with Gasteiger partial charge in [0.15, 0.2) is 0 Å². The molecule has 4 atom stereocenters. The third-order valence-electron chi connectivity index (χ3n) is 13.5. The molecular weight excluding hydrogens is 1100 g/mol. The van der Waals surface area contributed by atoms with Crippen molar-refractivity contribution < 1.29 is 76.4 Å². The Labute approximate surface area is 521 Å². The Morgan fingerprint density at radius 2 is 0.581 bits per heavy atom. The summed E-state index contributed by atoms with van der Waals surface area (Å²) in [6.45, 7) is 20.8. The summed E-state index contributed by atoms with van der Waals surface area (Å²) in [5, 5.41) is 9.65. The molecule has 0 saturated carbocycles. The van der Waals surface area contributed by atoms with Crippen molar-refractivity contribution in [3.63, 3.8) is 0 Å². The Balaban J connectivity index is -0.00000261. The summed E-state index contributed by atoms with van der Waals surface area (Å²) in [6.07, 6.45) is 29.7. The van der Waals surface area contributed by atoms with Gasteiger partial charge in [0.25, 0.3) is 0 Å². The largest absolute Gasteiger partial charge is 0.469 e. The van der Waals surface area contributed by atoms with Crippen molar-refractivity contribution in [2.75, 3.05) is 41.7 Å². The molecular formula is C66H126N4O16. The highest BCUT2D eigenvalue weighted by Crippen LogP contribution is 2.16. The van der Waals surface area contributed by atoms with Crippen LogP contribution in [0.4, 0.5) is 0 Å². The smallest absolute Gasteiger partial charge is 0.328 e. The lowest BCUT2D eigenvalue weighted by molar-refractivity contribution is -0.151. The molecule has 0 heterocycles. The van der Waals surface area contributed by atoms with E-state index in [0.717, 1.165) is 79.8 Å². The van der Waals surface area contributed by atoms with Crippen LogP contribution in [-0.4, -0.2) is 125 Å². The molecule has 0 aliphatic carbocycles. The van der Waals surface area contributed by atoms with Gasteiger partial charge in [0, 0.05) is 25.7 Å². The van der Waals surface area contributed by atoms with Crippen LogP contribution in [0.1, 0.15) is 300 Å². The molecule has 0 aromatic rings. The average molecular weight is 1230 g/mol. The molecule has 0 radical (unpaired) electrons. The number of hydrogen-bond acceptors (Lipinski definition) is 16. The zero-order chi connectivity index (χ0) is 66.0. The molecule has 4 N–H and O–H groups in total. The summed E-state index contributed by atoms with van der Waals surface area (Å²) in [5.74, 6) is -8.34. The van der Waals surface area contributed by atoms with Gasteiger partial charge in [-0.1, -0.05) is 236 Å². The van der Waals surface area contributed by atoms with Gasteiger partial charge >= 0.3 is 35.8 Å². The molecule has 20 heteroatoms. The predicted molar refractivity (Wildman–Crippen MR) is 341 cm³/mol. The van der Waals surface area contributed by atoms with Gasteiger partial charge in [-0.05, 0) is 25.7 Å². The Bertz CT molecular complexity index is 1700. The lowest BCUT2D eigenvalue weighted by Gasteiger charge is -2.22. The predicted octanol–water partition coefficient (Wildman–Crippen LogP) is 12.9. The third-order valence-corrected chi connectivity index (χ3v) is 13.5. The molecule has 20 nitrogen and oxygen atoms in total. The Morgan fingerprint density at radius 1 is 0.291 bits per heavy atom. The van der Waals surface area contributed by atoms with Crippen LogP contribution in [-0.2, 0) is 76.4 Å². The molecule has 506 valence electrons. The Hall–Kier alpha value is -5.30. The highest BCUT2D eigenvalue weighted by Gasteiger charge is 2.32. The van der Waals surface area contributed by atoms with E-state index in [1.165, 1.54) is 122 Å². The second-order valence-corrected chi connectivity index (χ2v) is 20.2. The number of methoxy groups -OCH3 is 4. The van der Waals surface area contributed by atoms with Crippen LogP contribution >= 0.6 is 0 Å². The third kappa shape index (κ3) is 56.5. The number of esters is 6. The van der Waals surface area contributed by atoms with Gasteiger partial charge in [-0.2, -0.15) is 0 Å². The van der Waals surface area contributed by atoms with Crippen LogP contribution in [0.5, 0.6) is 0 Å². The number of ether oxygens (including phenoxy) is 6. The van der Waals surface area contributed by atoms with E-state index >= 15 is 0 Å². The number of rotatable bonds is 51. The topological polar surface area (TPSA) is 274 Å². The number of hydrogen-bond donors (Lipinski definition) is 4. The second-order valence-electron chi connectivity index (χ2n) is 20.2. The molecule has 0 aromatic carbocycles. The first-order valence-electron chi connectivity index (χ1n) is 33.5. The average Bonchev–Trinajstić information content (AvgIpc) is 3.72. The van der Waals surface area contributed by atoms with Gasteiger partial charge < -0.3 is 49.7 Å². The zero-order valence-electron chi connectivity index (χ0n) is 56.7. The van der Waals surface area contributed by atoms with Gasteiger partial charge in [-0.3, -0.25) is 33.6 Å². The molecule has 0 bridgehead atoms. The first kappa shape index (κ1) is 89.5. The van der Waals surface area contributed by atoms with E-state index in [2.05, 4.69) is 49.3 Å². The number of nitrogens with one attached hydrogen (secondary N) is 4. The van der Waals surface area contributed by atoms with E-state index in [-0.39, 0.29) is 26.1 Å². The monoisotopic (exact) mass is 1230 g/mol. The van der Waals surface area contributed by atoms with E-state index in [1.54, 1.807) is 0 Å². The highest BCUT2D eigenvalue weighted by molar-refractivity contribution is 5.94. The maximum Gasteiger partial charge on any atom is 0.328 e. The minimum absolute atomic E-state index is 0.110. The molecule has 4 amide bonds. The fourth-order valence-electron chi connectivity index (χ4n) is 8.65. The zero-order valence-corrected chi connectivity index (χ0v) is 56.7. The van der Waals surface area contributed by atoms with Crippen LogP contribution in [0.25, 0.3) is 0 Å². The minimum Gasteiger partial charge on any atom is -0.469 e. The molecule has 0 spiro atoms. The van der Waals surface area contributed by atoms with E-state index in [1.807, 2.05) is 55.4 Å². The van der Waals surface area contributed by atoms with Crippen molar-refractivity contribution in [1.29, 1.82) is 0 Å². The number of carbonyl (C=O) groups is 10. The van der Waals surface area contributed by atoms with Gasteiger partial charge in [-0.25, -0.2) is 14.4 Å². The highest BCUT2D eigenvalue weighted by atomic mass is 16.5. The molecule has 4 unspecified atom stereocenters. The van der Waals surface area contributed by atoms with Crippen molar-refractivity contribution in [2.45, 2.75) is 325 Å². The maximum atomic E-state index is 13.6. The molecule has 0 aliphatic rings. The fourth-order valence-corrected chi connectivity index (χ4v) is 8.65. The number of carbonyl (C=O) groups excluding carboxylic acids is 10. The molecule has 0 rings (SSSR count). The quantitative estimate of drug-likeness (QED) is 0.0250. The molecule has 0 aromatic heterocycles. The maximum absolute atomic E-state index is 13.6. The van der Waals surface area contributed by atoms with Gasteiger partial charge in [0.05, 0.1) is 54.5 Å². The first-order valence-corrected chi connectivity index (χ1v) is 33.5. The van der Waals surface area contributed by atoms with Gasteiger partial charge in [-0.15, -0.1) is 0 Å². The number of unbranched alkanes of at least 4 members (excludes halogenated alkanes) is 26. The molecule has 86 heavy (non-hydrogen) atoms. The summed E-state index contributed by atoms with van der Waals surface area (Å²) in [4.78, 5) is 128. The minimum atomic E-state index is -1.55. The van der Waals surface area contributed by atoms with E-state index < -0.39 is 122 Å². The normalized spacial score (nSPS) is 11.6. The summed E-state index contributed by atoms with van der Waals surface area (Å²) in [6, 6.07) is -5.77. The second kappa shape index (κ2) is 68.8.